The minimum Gasteiger partial charge on any atom is -0.384 e. The summed E-state index contributed by atoms with van der Waals surface area (Å²) in [5, 5.41) is 3.17. The Morgan fingerprint density at radius 2 is 1.75 bits per heavy atom. The first kappa shape index (κ1) is 21.2. The van der Waals surface area contributed by atoms with Crippen LogP contribution in [-0.4, -0.2) is 41.8 Å². The van der Waals surface area contributed by atoms with Crippen LogP contribution in [0.3, 0.4) is 0 Å². The number of rotatable bonds is 6. The lowest BCUT2D eigenvalue weighted by Gasteiger charge is -2.37. The molecule has 0 saturated carbocycles. The van der Waals surface area contributed by atoms with Crippen molar-refractivity contribution in [2.45, 2.75) is 17.7 Å². The number of piperidine rings is 1. The third-order valence-electron chi connectivity index (χ3n) is 4.02. The Hall–Kier alpha value is -0.870. The van der Waals surface area contributed by atoms with Crippen LogP contribution in [0.15, 0.2) is 17.0 Å². The average Bonchev–Trinajstić information content (AvgIpc) is 2.51. The van der Waals surface area contributed by atoms with Gasteiger partial charge in [0, 0.05) is 19.1 Å². The second-order valence-corrected chi connectivity index (χ2v) is 7.48. The number of hydrogen-bond donors (Lipinski definition) is 2. The summed E-state index contributed by atoms with van der Waals surface area (Å²) in [6.07, 6.45) is 1.41. The molecule has 1 fully saturated rings. The molecular formula is C14H20ClF3N2O3S. The van der Waals surface area contributed by atoms with Crippen LogP contribution in [0.5, 0.6) is 0 Å². The smallest absolute Gasteiger partial charge is 0.240 e. The molecule has 2 rings (SSSR count). The summed E-state index contributed by atoms with van der Waals surface area (Å²) in [6, 6.07) is 0.929. The molecule has 0 atom stereocenters. The number of nitrogens with one attached hydrogen (secondary N) is 2. The maximum atomic E-state index is 13.2. The molecule has 1 aromatic rings. The van der Waals surface area contributed by atoms with Gasteiger partial charge in [0.2, 0.25) is 10.0 Å². The molecule has 0 amide bonds. The van der Waals surface area contributed by atoms with Gasteiger partial charge < -0.3 is 10.1 Å². The van der Waals surface area contributed by atoms with Gasteiger partial charge in [0.25, 0.3) is 0 Å². The van der Waals surface area contributed by atoms with E-state index in [-0.39, 0.29) is 24.4 Å². The highest BCUT2D eigenvalue weighted by molar-refractivity contribution is 7.89. The Kier molecular flexibility index (Phi) is 7.48. The van der Waals surface area contributed by atoms with Crippen LogP contribution >= 0.6 is 12.4 Å². The van der Waals surface area contributed by atoms with E-state index >= 15 is 0 Å². The Morgan fingerprint density at radius 1 is 1.21 bits per heavy atom. The van der Waals surface area contributed by atoms with Crippen LogP contribution in [0.25, 0.3) is 0 Å². The summed E-state index contributed by atoms with van der Waals surface area (Å²) in [7, 11) is -2.62. The van der Waals surface area contributed by atoms with Crippen LogP contribution in [0.1, 0.15) is 12.8 Å². The predicted octanol–water partition coefficient (Wildman–Crippen LogP) is 1.82. The summed E-state index contributed by atoms with van der Waals surface area (Å²) in [5.41, 5.74) is -0.385. The quantitative estimate of drug-likeness (QED) is 0.729. The molecule has 1 aliphatic rings. The molecule has 1 saturated heterocycles. The summed E-state index contributed by atoms with van der Waals surface area (Å²) in [5.74, 6) is -4.78. The molecule has 1 heterocycles. The second-order valence-electron chi connectivity index (χ2n) is 5.71. The number of ether oxygens (including phenoxy) is 1. The summed E-state index contributed by atoms with van der Waals surface area (Å²) < 4.78 is 71.4. The molecule has 138 valence electrons. The van der Waals surface area contributed by atoms with E-state index in [4.69, 9.17) is 4.74 Å². The van der Waals surface area contributed by atoms with Crippen molar-refractivity contribution in [3.8, 4) is 0 Å². The Bertz CT molecular complexity index is 639. The van der Waals surface area contributed by atoms with Gasteiger partial charge in [0.15, 0.2) is 17.5 Å². The number of benzene rings is 1. The minimum atomic E-state index is -4.15. The summed E-state index contributed by atoms with van der Waals surface area (Å²) in [4.78, 5) is -0.643. The van der Waals surface area contributed by atoms with Gasteiger partial charge in [-0.3, -0.25) is 0 Å². The third kappa shape index (κ3) is 4.82. The van der Waals surface area contributed by atoms with Gasteiger partial charge in [-0.25, -0.2) is 26.3 Å². The molecule has 0 aliphatic carbocycles. The van der Waals surface area contributed by atoms with Crippen molar-refractivity contribution in [2.24, 2.45) is 5.41 Å². The largest absolute Gasteiger partial charge is 0.384 e. The highest BCUT2D eigenvalue weighted by Gasteiger charge is 2.34. The normalized spacial score (nSPS) is 17.3. The topological polar surface area (TPSA) is 67.4 Å². The van der Waals surface area contributed by atoms with Crippen molar-refractivity contribution in [3.05, 3.63) is 29.6 Å². The first-order valence-corrected chi connectivity index (χ1v) is 8.62. The molecule has 5 nitrogen and oxygen atoms in total. The molecule has 1 aliphatic heterocycles. The molecule has 0 radical (unpaired) electrons. The summed E-state index contributed by atoms with van der Waals surface area (Å²) >= 11 is 0. The maximum absolute atomic E-state index is 13.2. The Balaban J connectivity index is 0.00000288. The van der Waals surface area contributed by atoms with Crippen LogP contribution in [0, 0.1) is 22.9 Å². The minimum absolute atomic E-state index is 0. The molecule has 0 aromatic heterocycles. The van der Waals surface area contributed by atoms with Crippen molar-refractivity contribution in [1.82, 2.24) is 10.0 Å². The lowest BCUT2D eigenvalue weighted by atomic mass is 9.80. The number of sulfonamides is 1. The first-order valence-electron chi connectivity index (χ1n) is 7.14. The van der Waals surface area contributed by atoms with E-state index in [9.17, 15) is 21.6 Å². The lowest BCUT2D eigenvalue weighted by Crippen LogP contribution is -2.47. The molecule has 10 heteroatoms. The van der Waals surface area contributed by atoms with Crippen molar-refractivity contribution >= 4 is 22.4 Å². The van der Waals surface area contributed by atoms with E-state index in [1.165, 1.54) is 7.11 Å². The predicted molar refractivity (Wildman–Crippen MR) is 85.2 cm³/mol. The standard InChI is InChI=1S/C14H19F3N2O3S.ClH/c1-22-9-14(2-4-18-5-3-14)8-19-23(20,21)10-6-11(15)13(17)12(16)7-10;/h6-7,18-19H,2-5,8-9H2,1H3;1H. The van der Waals surface area contributed by atoms with E-state index in [0.29, 0.717) is 31.6 Å². The van der Waals surface area contributed by atoms with Gasteiger partial charge in [0.1, 0.15) is 0 Å². The van der Waals surface area contributed by atoms with Crippen molar-refractivity contribution in [1.29, 1.82) is 0 Å². The van der Waals surface area contributed by atoms with Gasteiger partial charge in [-0.2, -0.15) is 0 Å². The van der Waals surface area contributed by atoms with Crippen LogP contribution in [0.2, 0.25) is 0 Å². The SMILES string of the molecule is COCC1(CNS(=O)(=O)c2cc(F)c(F)c(F)c2)CCNCC1.Cl. The van der Waals surface area contributed by atoms with Gasteiger partial charge in [-0.05, 0) is 38.1 Å². The van der Waals surface area contributed by atoms with E-state index in [0.717, 1.165) is 13.1 Å². The zero-order chi connectivity index (χ0) is 17.1. The van der Waals surface area contributed by atoms with Crippen molar-refractivity contribution in [3.63, 3.8) is 0 Å². The maximum Gasteiger partial charge on any atom is 0.240 e. The summed E-state index contributed by atoms with van der Waals surface area (Å²) in [6.45, 7) is 1.89. The molecular weight excluding hydrogens is 369 g/mol. The van der Waals surface area contributed by atoms with Gasteiger partial charge >= 0.3 is 0 Å². The van der Waals surface area contributed by atoms with E-state index in [1.54, 1.807) is 0 Å². The first-order chi connectivity index (χ1) is 10.8. The Morgan fingerprint density at radius 3 is 2.25 bits per heavy atom. The molecule has 0 spiro atoms. The van der Waals surface area contributed by atoms with Gasteiger partial charge in [0.05, 0.1) is 11.5 Å². The van der Waals surface area contributed by atoms with Gasteiger partial charge in [-0.15, -0.1) is 12.4 Å². The second kappa shape index (κ2) is 8.48. The van der Waals surface area contributed by atoms with Crippen LogP contribution in [-0.2, 0) is 14.8 Å². The molecule has 2 N–H and O–H groups in total. The highest BCUT2D eigenvalue weighted by atomic mass is 35.5. The van der Waals surface area contributed by atoms with Gasteiger partial charge in [-0.1, -0.05) is 0 Å². The molecule has 1 aromatic carbocycles. The van der Waals surface area contributed by atoms with Crippen LogP contribution in [0.4, 0.5) is 13.2 Å². The molecule has 0 unspecified atom stereocenters. The number of methoxy groups -OCH3 is 1. The van der Waals surface area contributed by atoms with Crippen LogP contribution < -0.4 is 10.0 Å². The fourth-order valence-corrected chi connectivity index (χ4v) is 3.83. The van der Waals surface area contributed by atoms with E-state index < -0.39 is 32.4 Å². The molecule has 24 heavy (non-hydrogen) atoms. The highest BCUT2D eigenvalue weighted by Crippen LogP contribution is 2.29. The Labute approximate surface area is 145 Å². The lowest BCUT2D eigenvalue weighted by molar-refractivity contribution is 0.0577. The number of halogens is 4. The zero-order valence-electron chi connectivity index (χ0n) is 13.1. The van der Waals surface area contributed by atoms with E-state index in [1.807, 2.05) is 0 Å². The van der Waals surface area contributed by atoms with Crippen molar-refractivity contribution in [2.75, 3.05) is 33.4 Å². The van der Waals surface area contributed by atoms with Crippen molar-refractivity contribution < 1.29 is 26.3 Å². The monoisotopic (exact) mass is 388 g/mol. The fraction of sp³-hybridized carbons (Fsp3) is 0.571. The zero-order valence-corrected chi connectivity index (χ0v) is 14.7. The number of hydrogen-bond acceptors (Lipinski definition) is 4. The fourth-order valence-electron chi connectivity index (χ4n) is 2.65. The van der Waals surface area contributed by atoms with E-state index in [2.05, 4.69) is 10.0 Å². The molecule has 0 bridgehead atoms. The third-order valence-corrected chi connectivity index (χ3v) is 5.40. The average molecular weight is 389 g/mol.